The van der Waals surface area contributed by atoms with Crippen LogP contribution in [0.1, 0.15) is 66.7 Å². The Morgan fingerprint density at radius 1 is 1.03 bits per heavy atom. The fourth-order valence-electron chi connectivity index (χ4n) is 9.13. The third-order valence-electron chi connectivity index (χ3n) is 11.9. The van der Waals surface area contributed by atoms with E-state index in [1.807, 2.05) is 0 Å². The van der Waals surface area contributed by atoms with E-state index in [0.717, 1.165) is 6.08 Å². The van der Waals surface area contributed by atoms with Crippen molar-refractivity contribution in [1.82, 2.24) is 0 Å². The van der Waals surface area contributed by atoms with E-state index in [1.54, 1.807) is 20.8 Å². The summed E-state index contributed by atoms with van der Waals surface area (Å²) in [5.41, 5.74) is -10.7. The van der Waals surface area contributed by atoms with Gasteiger partial charge in [0.1, 0.15) is 29.0 Å². The van der Waals surface area contributed by atoms with E-state index in [4.69, 9.17) is 4.74 Å². The first-order valence-corrected chi connectivity index (χ1v) is 13.4. The van der Waals surface area contributed by atoms with Crippen LogP contribution in [0.4, 0.5) is 0 Å². The largest absolute Gasteiger partial charge is 0.455 e. The lowest BCUT2D eigenvalue weighted by atomic mass is 9.40. The lowest BCUT2D eigenvalue weighted by Gasteiger charge is -2.67. The number of carbonyl (C=O) groups is 2. The second-order valence-corrected chi connectivity index (χ2v) is 13.1. The Balaban J connectivity index is 1.60. The molecule has 5 aliphatic rings. The molecule has 38 heavy (non-hydrogen) atoms. The number of aliphatic hydroxyl groups excluding tert-OH is 3. The Kier molecular flexibility index (Phi) is 5.84. The lowest BCUT2D eigenvalue weighted by molar-refractivity contribution is -0.314. The number of cyclic esters (lactones) is 1. The molecule has 0 radical (unpaired) electrons. The van der Waals surface area contributed by atoms with Crippen molar-refractivity contribution in [2.24, 2.45) is 22.7 Å². The van der Waals surface area contributed by atoms with Crippen LogP contribution in [0, 0.1) is 22.7 Å². The second kappa shape index (κ2) is 7.96. The Morgan fingerprint density at radius 2 is 1.66 bits per heavy atom. The van der Waals surface area contributed by atoms with Crippen molar-refractivity contribution in [3.05, 3.63) is 23.3 Å². The van der Waals surface area contributed by atoms with Gasteiger partial charge in [0.2, 0.25) is 0 Å². The number of esters is 1. The Labute approximate surface area is 221 Å². The summed E-state index contributed by atoms with van der Waals surface area (Å²) in [6, 6.07) is 0. The molecule has 7 N–H and O–H groups in total. The van der Waals surface area contributed by atoms with Gasteiger partial charge in [0, 0.05) is 23.8 Å². The maximum Gasteiger partial charge on any atom is 0.334 e. The molecule has 0 aromatic rings. The monoisotopic (exact) mass is 536 g/mol. The lowest BCUT2D eigenvalue weighted by Crippen LogP contribution is -2.78. The number of carbonyl (C=O) groups excluding carboxylic acids is 2. The van der Waals surface area contributed by atoms with Crippen molar-refractivity contribution in [3.63, 3.8) is 0 Å². The first-order chi connectivity index (χ1) is 17.4. The number of ether oxygens (including phenoxy) is 1. The van der Waals surface area contributed by atoms with Gasteiger partial charge in [-0.05, 0) is 70.9 Å². The summed E-state index contributed by atoms with van der Waals surface area (Å²) >= 11 is 0. The zero-order chi connectivity index (χ0) is 28.4. The molecule has 4 aliphatic carbocycles. The summed E-state index contributed by atoms with van der Waals surface area (Å²) < 4.78 is 5.51. The van der Waals surface area contributed by atoms with Crippen LogP contribution in [0.3, 0.4) is 0 Å². The Bertz CT molecular complexity index is 1140. The van der Waals surface area contributed by atoms with E-state index in [1.165, 1.54) is 19.9 Å². The molecule has 212 valence electrons. The maximum atomic E-state index is 13.3. The van der Waals surface area contributed by atoms with Gasteiger partial charge >= 0.3 is 5.97 Å². The van der Waals surface area contributed by atoms with E-state index in [-0.39, 0.29) is 32.1 Å². The summed E-state index contributed by atoms with van der Waals surface area (Å²) in [5.74, 6) is -2.70. The number of aliphatic hydroxyl groups is 7. The summed E-state index contributed by atoms with van der Waals surface area (Å²) in [7, 11) is 0. The van der Waals surface area contributed by atoms with Crippen LogP contribution in [0.25, 0.3) is 0 Å². The highest BCUT2D eigenvalue weighted by atomic mass is 16.6. The molecule has 3 saturated carbocycles. The first kappa shape index (κ1) is 27.9. The third kappa shape index (κ3) is 2.82. The molecule has 1 aliphatic heterocycles. The van der Waals surface area contributed by atoms with Crippen LogP contribution in [0.5, 0.6) is 0 Å². The summed E-state index contributed by atoms with van der Waals surface area (Å²) in [4.78, 5) is 25.8. The number of hydrogen-bond donors (Lipinski definition) is 7. The van der Waals surface area contributed by atoms with Crippen LogP contribution in [0.2, 0.25) is 0 Å². The number of rotatable bonds is 2. The molecule has 0 aromatic carbocycles. The normalized spacial score (nSPS) is 54.1. The van der Waals surface area contributed by atoms with Gasteiger partial charge in [-0.15, -0.1) is 0 Å². The molecule has 0 saturated heterocycles. The van der Waals surface area contributed by atoms with Gasteiger partial charge in [-0.2, -0.15) is 0 Å². The third-order valence-corrected chi connectivity index (χ3v) is 11.9. The summed E-state index contributed by atoms with van der Waals surface area (Å²) in [5, 5.41) is 81.4. The molecular formula is C28H40O10. The van der Waals surface area contributed by atoms with Crippen LogP contribution in [-0.4, -0.2) is 94.3 Å². The van der Waals surface area contributed by atoms with Crippen molar-refractivity contribution in [3.8, 4) is 0 Å². The predicted molar refractivity (Wildman–Crippen MR) is 132 cm³/mol. The van der Waals surface area contributed by atoms with E-state index >= 15 is 0 Å². The highest BCUT2D eigenvalue weighted by Gasteiger charge is 2.82. The van der Waals surface area contributed by atoms with Gasteiger partial charge in [-0.1, -0.05) is 12.5 Å². The van der Waals surface area contributed by atoms with Crippen molar-refractivity contribution in [2.75, 3.05) is 0 Å². The number of ketones is 1. The summed E-state index contributed by atoms with van der Waals surface area (Å²) in [6.07, 6.45) is -3.81. The quantitative estimate of drug-likeness (QED) is 0.230. The van der Waals surface area contributed by atoms with Crippen LogP contribution < -0.4 is 0 Å². The fourth-order valence-corrected chi connectivity index (χ4v) is 9.13. The molecule has 5 rings (SSSR count). The Hall–Kier alpha value is -1.66. The van der Waals surface area contributed by atoms with Crippen molar-refractivity contribution in [1.29, 1.82) is 0 Å². The van der Waals surface area contributed by atoms with E-state index in [9.17, 15) is 45.3 Å². The topological polar surface area (TPSA) is 185 Å². The molecule has 0 amide bonds. The smallest absolute Gasteiger partial charge is 0.334 e. The number of allylic oxidation sites excluding steroid dienone is 1. The van der Waals surface area contributed by atoms with Crippen molar-refractivity contribution < 1.29 is 50.1 Å². The van der Waals surface area contributed by atoms with Crippen LogP contribution >= 0.6 is 0 Å². The van der Waals surface area contributed by atoms with Gasteiger partial charge in [0.25, 0.3) is 0 Å². The SMILES string of the molecule is CC1=C(C)C(=O)O[C@@H]([C@@](C)(O)[C@]2(O)[C@@H](O)C[C@@]3(O)[C@@H]4C[C@@H](O)[C@@]5(O)[C@@H](O)C=CC(=O)[C@]5(C)[C@H]4CC[C@]23C)C1. The minimum absolute atomic E-state index is 0.0394. The molecule has 10 nitrogen and oxygen atoms in total. The Morgan fingerprint density at radius 3 is 2.26 bits per heavy atom. The zero-order valence-electron chi connectivity index (χ0n) is 22.5. The first-order valence-electron chi connectivity index (χ1n) is 13.4. The second-order valence-electron chi connectivity index (χ2n) is 13.1. The highest BCUT2D eigenvalue weighted by molar-refractivity contribution is 5.97. The van der Waals surface area contributed by atoms with Gasteiger partial charge in [0.15, 0.2) is 5.78 Å². The average Bonchev–Trinajstić information content (AvgIpc) is 3.01. The molecule has 0 unspecified atom stereocenters. The van der Waals surface area contributed by atoms with Gasteiger partial charge < -0.3 is 40.5 Å². The molecule has 0 bridgehead atoms. The maximum absolute atomic E-state index is 13.3. The molecule has 0 aromatic heterocycles. The molecule has 12 atom stereocenters. The molecule has 3 fully saturated rings. The fraction of sp³-hybridized carbons (Fsp3) is 0.786. The van der Waals surface area contributed by atoms with E-state index in [2.05, 4.69) is 0 Å². The van der Waals surface area contributed by atoms with Gasteiger partial charge in [-0.25, -0.2) is 4.79 Å². The molecule has 0 spiro atoms. The van der Waals surface area contributed by atoms with Crippen molar-refractivity contribution >= 4 is 11.8 Å². The zero-order valence-corrected chi connectivity index (χ0v) is 22.5. The molecular weight excluding hydrogens is 496 g/mol. The number of fused-ring (bicyclic) bond motifs is 5. The van der Waals surface area contributed by atoms with Gasteiger partial charge in [-0.3, -0.25) is 4.79 Å². The van der Waals surface area contributed by atoms with Crippen LogP contribution in [0.15, 0.2) is 23.3 Å². The minimum atomic E-state index is -2.34. The van der Waals surface area contributed by atoms with Crippen LogP contribution in [-0.2, 0) is 14.3 Å². The van der Waals surface area contributed by atoms with E-state index < -0.39 is 81.2 Å². The van der Waals surface area contributed by atoms with Crippen molar-refractivity contribution in [2.45, 2.75) is 114 Å². The van der Waals surface area contributed by atoms with Gasteiger partial charge in [0.05, 0.1) is 23.2 Å². The molecule has 1 heterocycles. The summed E-state index contributed by atoms with van der Waals surface area (Å²) in [6.45, 7) is 7.69. The van der Waals surface area contributed by atoms with E-state index in [0.29, 0.717) is 11.1 Å². The number of hydrogen-bond acceptors (Lipinski definition) is 10. The minimum Gasteiger partial charge on any atom is -0.455 e. The standard InChI is InChI=1S/C28H40O10/c1-13-10-21(38-22(33)14(13)2)25(5,34)28(37)20(32)12-26(35)16-11-19(31)27(36)18(30)7-6-17(29)24(27,4)15(16)8-9-23(26,28)3/h6-7,15-16,18-21,30-32,34-37H,8-12H2,1-5H3/t15-,16+,18-,19+,20-,21+,23-,24-,25+,26+,27-,28-/m0/s1. The molecule has 10 heteroatoms. The highest BCUT2D eigenvalue weighted by Crippen LogP contribution is 2.71. The predicted octanol–water partition coefficient (Wildman–Crippen LogP) is -0.350. The average molecular weight is 537 g/mol.